The van der Waals surface area contributed by atoms with Crippen LogP contribution in [-0.4, -0.2) is 38.1 Å². The van der Waals surface area contributed by atoms with Gasteiger partial charge >= 0.3 is 5.97 Å². The number of rotatable bonds is 4. The molecule has 0 saturated carbocycles. The number of aryl methyl sites for hydroxylation is 1. The van der Waals surface area contributed by atoms with Gasteiger partial charge in [-0.05, 0) is 45.1 Å². The van der Waals surface area contributed by atoms with Gasteiger partial charge in [0.25, 0.3) is 0 Å². The highest BCUT2D eigenvalue weighted by Gasteiger charge is 2.11. The lowest BCUT2D eigenvalue weighted by Gasteiger charge is -2.11. The van der Waals surface area contributed by atoms with E-state index in [4.69, 9.17) is 4.74 Å². The van der Waals surface area contributed by atoms with Gasteiger partial charge < -0.3 is 9.64 Å². The van der Waals surface area contributed by atoms with E-state index >= 15 is 0 Å². The molecule has 0 aliphatic carbocycles. The Kier molecular flexibility index (Phi) is 4.50. The first kappa shape index (κ1) is 12.7. The SMILES string of the molecule is Cc1cccc(C(=O)OCCN(C)C)c1C. The molecule has 0 saturated heterocycles. The van der Waals surface area contributed by atoms with Crippen molar-refractivity contribution in [2.24, 2.45) is 0 Å². The quantitative estimate of drug-likeness (QED) is 0.728. The van der Waals surface area contributed by atoms with E-state index in [0.29, 0.717) is 12.2 Å². The highest BCUT2D eigenvalue weighted by Crippen LogP contribution is 2.13. The van der Waals surface area contributed by atoms with Crippen LogP contribution in [0.5, 0.6) is 0 Å². The molecule has 0 unspecified atom stereocenters. The van der Waals surface area contributed by atoms with Crippen molar-refractivity contribution in [3.05, 3.63) is 34.9 Å². The number of likely N-dealkylation sites (N-methyl/N-ethyl adjacent to an activating group) is 1. The van der Waals surface area contributed by atoms with Gasteiger partial charge in [-0.15, -0.1) is 0 Å². The molecule has 0 aliphatic rings. The molecule has 0 N–H and O–H groups in total. The van der Waals surface area contributed by atoms with Crippen molar-refractivity contribution in [2.75, 3.05) is 27.2 Å². The third-order valence-electron chi connectivity index (χ3n) is 2.60. The van der Waals surface area contributed by atoms with Crippen LogP contribution in [0.2, 0.25) is 0 Å². The lowest BCUT2D eigenvalue weighted by Crippen LogP contribution is -2.20. The minimum absolute atomic E-state index is 0.233. The zero-order valence-corrected chi connectivity index (χ0v) is 10.4. The van der Waals surface area contributed by atoms with Gasteiger partial charge in [-0.25, -0.2) is 4.79 Å². The molecule has 0 atom stereocenters. The van der Waals surface area contributed by atoms with E-state index in [1.54, 1.807) is 6.07 Å². The molecule has 0 fully saturated rings. The zero-order chi connectivity index (χ0) is 12.1. The maximum atomic E-state index is 11.8. The molecule has 3 heteroatoms. The third kappa shape index (κ3) is 3.35. The minimum Gasteiger partial charge on any atom is -0.461 e. The van der Waals surface area contributed by atoms with Crippen molar-refractivity contribution >= 4 is 5.97 Å². The number of benzene rings is 1. The van der Waals surface area contributed by atoms with Crippen LogP contribution in [0.4, 0.5) is 0 Å². The molecular formula is C13H19NO2. The lowest BCUT2D eigenvalue weighted by molar-refractivity contribution is 0.0481. The van der Waals surface area contributed by atoms with Crippen molar-refractivity contribution in [1.29, 1.82) is 0 Å². The summed E-state index contributed by atoms with van der Waals surface area (Å²) in [4.78, 5) is 13.7. The summed E-state index contributed by atoms with van der Waals surface area (Å²) < 4.78 is 5.19. The second-order valence-electron chi connectivity index (χ2n) is 4.19. The molecule has 0 spiro atoms. The molecular weight excluding hydrogens is 202 g/mol. The topological polar surface area (TPSA) is 29.5 Å². The summed E-state index contributed by atoms with van der Waals surface area (Å²) in [6, 6.07) is 5.68. The van der Waals surface area contributed by atoms with E-state index in [2.05, 4.69) is 0 Å². The van der Waals surface area contributed by atoms with Crippen LogP contribution in [0.25, 0.3) is 0 Å². The Morgan fingerprint density at radius 2 is 2.00 bits per heavy atom. The Morgan fingerprint density at radius 1 is 1.31 bits per heavy atom. The lowest BCUT2D eigenvalue weighted by atomic mass is 10.0. The average molecular weight is 221 g/mol. The smallest absolute Gasteiger partial charge is 0.338 e. The second-order valence-corrected chi connectivity index (χ2v) is 4.19. The fourth-order valence-corrected chi connectivity index (χ4v) is 1.37. The van der Waals surface area contributed by atoms with Crippen molar-refractivity contribution in [2.45, 2.75) is 13.8 Å². The first-order valence-electron chi connectivity index (χ1n) is 5.40. The summed E-state index contributed by atoms with van der Waals surface area (Å²) in [6.07, 6.45) is 0. The number of hydrogen-bond acceptors (Lipinski definition) is 3. The van der Waals surface area contributed by atoms with E-state index in [1.165, 1.54) is 0 Å². The van der Waals surface area contributed by atoms with Gasteiger partial charge in [0.1, 0.15) is 6.61 Å². The maximum absolute atomic E-state index is 11.8. The van der Waals surface area contributed by atoms with Crippen LogP contribution < -0.4 is 0 Å². The molecule has 1 aromatic rings. The molecule has 0 heterocycles. The van der Waals surface area contributed by atoms with Gasteiger partial charge in [0.05, 0.1) is 5.56 Å². The summed E-state index contributed by atoms with van der Waals surface area (Å²) in [6.45, 7) is 5.11. The van der Waals surface area contributed by atoms with E-state index in [-0.39, 0.29) is 5.97 Å². The predicted molar refractivity (Wildman–Crippen MR) is 64.8 cm³/mol. The van der Waals surface area contributed by atoms with E-state index < -0.39 is 0 Å². The molecule has 1 aromatic carbocycles. The number of carbonyl (C=O) groups excluding carboxylic acids is 1. The van der Waals surface area contributed by atoms with Crippen LogP contribution in [0, 0.1) is 13.8 Å². The molecule has 0 radical (unpaired) electrons. The Bertz CT molecular complexity index is 372. The van der Waals surface area contributed by atoms with Crippen LogP contribution in [0.3, 0.4) is 0 Å². The van der Waals surface area contributed by atoms with Crippen LogP contribution in [-0.2, 0) is 4.74 Å². The third-order valence-corrected chi connectivity index (χ3v) is 2.60. The summed E-state index contributed by atoms with van der Waals surface area (Å²) in [7, 11) is 3.90. The highest BCUT2D eigenvalue weighted by molar-refractivity contribution is 5.91. The van der Waals surface area contributed by atoms with Gasteiger partial charge in [-0.2, -0.15) is 0 Å². The van der Waals surface area contributed by atoms with Crippen molar-refractivity contribution in [1.82, 2.24) is 4.90 Å². The summed E-state index contributed by atoms with van der Waals surface area (Å²) in [5.74, 6) is -0.233. The molecule has 3 nitrogen and oxygen atoms in total. The monoisotopic (exact) mass is 221 g/mol. The number of carbonyl (C=O) groups is 1. The van der Waals surface area contributed by atoms with Crippen LogP contribution >= 0.6 is 0 Å². The highest BCUT2D eigenvalue weighted by atomic mass is 16.5. The van der Waals surface area contributed by atoms with E-state index in [0.717, 1.165) is 17.7 Å². The first-order valence-corrected chi connectivity index (χ1v) is 5.40. The minimum atomic E-state index is -0.233. The Morgan fingerprint density at radius 3 is 2.62 bits per heavy atom. The Hall–Kier alpha value is -1.35. The number of hydrogen-bond donors (Lipinski definition) is 0. The summed E-state index contributed by atoms with van der Waals surface area (Å²) >= 11 is 0. The van der Waals surface area contributed by atoms with Crippen molar-refractivity contribution < 1.29 is 9.53 Å². The van der Waals surface area contributed by atoms with Crippen molar-refractivity contribution in [3.63, 3.8) is 0 Å². The molecule has 16 heavy (non-hydrogen) atoms. The van der Waals surface area contributed by atoms with Crippen molar-refractivity contribution in [3.8, 4) is 0 Å². The summed E-state index contributed by atoms with van der Waals surface area (Å²) in [5, 5.41) is 0. The average Bonchev–Trinajstić information content (AvgIpc) is 2.21. The number of esters is 1. The number of ether oxygens (including phenoxy) is 1. The standard InChI is InChI=1S/C13H19NO2/c1-10-6-5-7-12(11(10)2)13(15)16-9-8-14(3)4/h5-7H,8-9H2,1-4H3. The van der Waals surface area contributed by atoms with Crippen LogP contribution in [0.15, 0.2) is 18.2 Å². The molecule has 1 rings (SSSR count). The molecule has 0 aliphatic heterocycles. The molecule has 0 aromatic heterocycles. The normalized spacial score (nSPS) is 10.6. The molecule has 88 valence electrons. The van der Waals surface area contributed by atoms with Crippen LogP contribution in [0.1, 0.15) is 21.5 Å². The van der Waals surface area contributed by atoms with Gasteiger partial charge in [-0.3, -0.25) is 0 Å². The van der Waals surface area contributed by atoms with Gasteiger partial charge in [0, 0.05) is 6.54 Å². The Labute approximate surface area is 97.0 Å². The maximum Gasteiger partial charge on any atom is 0.338 e. The zero-order valence-electron chi connectivity index (χ0n) is 10.4. The fraction of sp³-hybridized carbons (Fsp3) is 0.462. The first-order chi connectivity index (χ1) is 7.52. The van der Waals surface area contributed by atoms with Gasteiger partial charge in [-0.1, -0.05) is 12.1 Å². The predicted octanol–water partition coefficient (Wildman–Crippen LogP) is 2.02. The Balaban J connectivity index is 2.63. The number of nitrogens with zero attached hydrogens (tertiary/aromatic N) is 1. The largest absolute Gasteiger partial charge is 0.461 e. The van der Waals surface area contributed by atoms with Gasteiger partial charge in [0.15, 0.2) is 0 Å². The fourth-order valence-electron chi connectivity index (χ4n) is 1.37. The van der Waals surface area contributed by atoms with Gasteiger partial charge in [0.2, 0.25) is 0 Å². The molecule has 0 amide bonds. The van der Waals surface area contributed by atoms with E-state index in [1.807, 2.05) is 45.0 Å². The second kappa shape index (κ2) is 5.66. The summed E-state index contributed by atoms with van der Waals surface area (Å²) in [5.41, 5.74) is 2.78. The molecule has 0 bridgehead atoms. The van der Waals surface area contributed by atoms with E-state index in [9.17, 15) is 4.79 Å².